The molecule has 1 atom stereocenters. The molecule has 0 spiro atoms. The van der Waals surface area contributed by atoms with Crippen LogP contribution in [0.25, 0.3) is 0 Å². The van der Waals surface area contributed by atoms with Crippen molar-refractivity contribution in [3.05, 3.63) is 59.7 Å². The summed E-state index contributed by atoms with van der Waals surface area (Å²) in [6.07, 6.45) is 0.866. The lowest BCUT2D eigenvalue weighted by Gasteiger charge is -2.14. The van der Waals surface area contributed by atoms with E-state index in [-0.39, 0.29) is 19.6 Å². The van der Waals surface area contributed by atoms with Gasteiger partial charge in [-0.15, -0.1) is 0 Å². The molecule has 2 aromatic rings. The fourth-order valence-electron chi connectivity index (χ4n) is 2.55. The van der Waals surface area contributed by atoms with Crippen molar-refractivity contribution < 1.29 is 28.9 Å². The van der Waals surface area contributed by atoms with Crippen LogP contribution in [0.1, 0.15) is 24.0 Å². The molecule has 0 bridgehead atoms. The van der Waals surface area contributed by atoms with E-state index in [1.165, 1.54) is 7.11 Å². The molecule has 0 heterocycles. The third-order valence-corrected chi connectivity index (χ3v) is 4.03. The number of aliphatic carboxylic acids is 1. The zero-order valence-corrected chi connectivity index (χ0v) is 15.8. The molecule has 0 saturated carbocycles. The second-order valence-electron chi connectivity index (χ2n) is 6.22. The van der Waals surface area contributed by atoms with Gasteiger partial charge < -0.3 is 25.1 Å². The zero-order valence-electron chi connectivity index (χ0n) is 15.8. The fourth-order valence-corrected chi connectivity index (χ4v) is 2.55. The smallest absolute Gasteiger partial charge is 0.323 e. The Balaban J connectivity index is 1.86. The number of nitrogens with two attached hydrogens (primary N) is 1. The summed E-state index contributed by atoms with van der Waals surface area (Å²) in [7, 11) is 1.51. The highest BCUT2D eigenvalue weighted by Gasteiger charge is 2.17. The third kappa shape index (κ3) is 6.92. The van der Waals surface area contributed by atoms with E-state index in [2.05, 4.69) is 0 Å². The number of carbonyl (C=O) groups excluding carboxylic acids is 1. The SMILES string of the molecule is COc1cc(OCCCC(=O)O)ccc1COC(=O)[C@@H](N)Cc1ccccc1. The van der Waals surface area contributed by atoms with Crippen LogP contribution in [-0.4, -0.2) is 36.8 Å². The van der Waals surface area contributed by atoms with Crippen molar-refractivity contribution in [3.8, 4) is 11.5 Å². The molecular weight excluding hydrogens is 362 g/mol. The van der Waals surface area contributed by atoms with Crippen molar-refractivity contribution in [1.82, 2.24) is 0 Å². The number of carboxylic acids is 1. The number of hydrogen-bond acceptors (Lipinski definition) is 6. The van der Waals surface area contributed by atoms with Crippen LogP contribution in [-0.2, 0) is 27.4 Å². The standard InChI is InChI=1S/C21H25NO6/c1-26-19-13-17(27-11-5-8-20(23)24)10-9-16(19)14-28-21(25)18(22)12-15-6-3-2-4-7-15/h2-4,6-7,9-10,13,18H,5,8,11-12,14,22H2,1H3,(H,23,24)/t18-/m0/s1. The molecule has 2 rings (SSSR count). The summed E-state index contributed by atoms with van der Waals surface area (Å²) in [5.41, 5.74) is 7.58. The highest BCUT2D eigenvalue weighted by Crippen LogP contribution is 2.25. The molecule has 150 valence electrons. The van der Waals surface area contributed by atoms with E-state index in [1.54, 1.807) is 18.2 Å². The van der Waals surface area contributed by atoms with E-state index >= 15 is 0 Å². The number of methoxy groups -OCH3 is 1. The first-order valence-corrected chi connectivity index (χ1v) is 8.97. The molecule has 2 aromatic carbocycles. The topological polar surface area (TPSA) is 108 Å². The lowest BCUT2D eigenvalue weighted by molar-refractivity contribution is -0.146. The largest absolute Gasteiger partial charge is 0.496 e. The number of carboxylic acid groups (broad SMARTS) is 1. The van der Waals surface area contributed by atoms with Gasteiger partial charge in [-0.05, 0) is 30.5 Å². The van der Waals surface area contributed by atoms with E-state index in [9.17, 15) is 9.59 Å². The van der Waals surface area contributed by atoms with Gasteiger partial charge in [0.15, 0.2) is 0 Å². The molecule has 3 N–H and O–H groups in total. The summed E-state index contributed by atoms with van der Waals surface area (Å²) >= 11 is 0. The molecule has 28 heavy (non-hydrogen) atoms. The van der Waals surface area contributed by atoms with Crippen molar-refractivity contribution in [1.29, 1.82) is 0 Å². The van der Waals surface area contributed by atoms with Crippen LogP contribution in [0.2, 0.25) is 0 Å². The van der Waals surface area contributed by atoms with Crippen molar-refractivity contribution >= 4 is 11.9 Å². The van der Waals surface area contributed by atoms with E-state index in [0.29, 0.717) is 29.9 Å². The summed E-state index contributed by atoms with van der Waals surface area (Å²) in [4.78, 5) is 22.7. The predicted octanol–water partition coefficient (Wildman–Crippen LogP) is 2.55. The molecule has 0 saturated heterocycles. The normalized spacial score (nSPS) is 11.5. The number of rotatable bonds is 11. The maximum atomic E-state index is 12.2. The average Bonchev–Trinajstić information content (AvgIpc) is 2.70. The number of hydrogen-bond donors (Lipinski definition) is 2. The van der Waals surface area contributed by atoms with Gasteiger partial charge >= 0.3 is 11.9 Å². The highest BCUT2D eigenvalue weighted by molar-refractivity contribution is 5.76. The third-order valence-electron chi connectivity index (χ3n) is 4.03. The summed E-state index contributed by atoms with van der Waals surface area (Å²) in [5, 5.41) is 8.63. The molecule has 0 radical (unpaired) electrons. The van der Waals surface area contributed by atoms with Gasteiger partial charge in [-0.2, -0.15) is 0 Å². The summed E-state index contributed by atoms with van der Waals surface area (Å²) in [6.45, 7) is 0.321. The number of benzene rings is 2. The van der Waals surface area contributed by atoms with Gasteiger partial charge in [0, 0.05) is 18.1 Å². The summed E-state index contributed by atoms with van der Waals surface area (Å²) in [6, 6.07) is 13.9. The van der Waals surface area contributed by atoms with Crippen molar-refractivity contribution in [3.63, 3.8) is 0 Å². The van der Waals surface area contributed by atoms with Gasteiger partial charge in [0.2, 0.25) is 0 Å². The Kier molecular flexibility index (Phi) is 8.30. The quantitative estimate of drug-likeness (QED) is 0.450. The minimum atomic E-state index is -0.858. The molecule has 0 aliphatic rings. The van der Waals surface area contributed by atoms with E-state index in [0.717, 1.165) is 5.56 Å². The Morgan fingerprint density at radius 3 is 2.57 bits per heavy atom. The maximum absolute atomic E-state index is 12.2. The molecule has 0 aliphatic heterocycles. The van der Waals surface area contributed by atoms with Gasteiger partial charge in [0.05, 0.1) is 13.7 Å². The van der Waals surface area contributed by atoms with Gasteiger partial charge in [-0.3, -0.25) is 9.59 Å². The Hall–Kier alpha value is -3.06. The van der Waals surface area contributed by atoms with E-state index in [1.807, 2.05) is 30.3 Å². The molecule has 0 fully saturated rings. The monoisotopic (exact) mass is 387 g/mol. The Morgan fingerprint density at radius 1 is 1.14 bits per heavy atom. The second kappa shape index (κ2) is 10.9. The first-order chi connectivity index (χ1) is 13.5. The Morgan fingerprint density at radius 2 is 1.89 bits per heavy atom. The number of esters is 1. The Bertz CT molecular complexity index is 778. The minimum Gasteiger partial charge on any atom is -0.496 e. The lowest BCUT2D eigenvalue weighted by Crippen LogP contribution is -2.34. The van der Waals surface area contributed by atoms with Crippen LogP contribution in [0.5, 0.6) is 11.5 Å². The first-order valence-electron chi connectivity index (χ1n) is 8.97. The van der Waals surface area contributed by atoms with Crippen LogP contribution in [0.4, 0.5) is 0 Å². The highest BCUT2D eigenvalue weighted by atomic mass is 16.5. The predicted molar refractivity (Wildman–Crippen MR) is 103 cm³/mol. The van der Waals surface area contributed by atoms with Crippen LogP contribution < -0.4 is 15.2 Å². The van der Waals surface area contributed by atoms with Crippen molar-refractivity contribution in [2.75, 3.05) is 13.7 Å². The van der Waals surface area contributed by atoms with Crippen LogP contribution >= 0.6 is 0 Å². The van der Waals surface area contributed by atoms with Gasteiger partial charge in [-0.1, -0.05) is 30.3 Å². The van der Waals surface area contributed by atoms with Gasteiger partial charge in [0.25, 0.3) is 0 Å². The lowest BCUT2D eigenvalue weighted by atomic mass is 10.1. The number of carbonyl (C=O) groups is 2. The van der Waals surface area contributed by atoms with Crippen molar-refractivity contribution in [2.24, 2.45) is 5.73 Å². The van der Waals surface area contributed by atoms with Gasteiger partial charge in [-0.25, -0.2) is 0 Å². The summed E-state index contributed by atoms with van der Waals surface area (Å²) in [5.74, 6) is -0.276. The molecule has 0 aliphatic carbocycles. The maximum Gasteiger partial charge on any atom is 0.323 e. The Labute approximate surface area is 164 Å². The van der Waals surface area contributed by atoms with Crippen molar-refractivity contribution in [2.45, 2.75) is 31.9 Å². The van der Waals surface area contributed by atoms with E-state index < -0.39 is 18.0 Å². The van der Waals surface area contributed by atoms with Gasteiger partial charge in [0.1, 0.15) is 24.1 Å². The molecule has 0 aromatic heterocycles. The summed E-state index contributed by atoms with van der Waals surface area (Å²) < 4.78 is 16.2. The van der Waals surface area contributed by atoms with E-state index in [4.69, 9.17) is 25.1 Å². The average molecular weight is 387 g/mol. The molecule has 0 amide bonds. The molecule has 7 nitrogen and oxygen atoms in total. The zero-order chi connectivity index (χ0) is 20.4. The first kappa shape index (κ1) is 21.2. The van der Waals surface area contributed by atoms with Crippen LogP contribution in [0.15, 0.2) is 48.5 Å². The molecule has 0 unspecified atom stereocenters. The molecular formula is C21H25NO6. The van der Waals surface area contributed by atoms with Crippen LogP contribution in [0.3, 0.4) is 0 Å². The molecule has 7 heteroatoms. The minimum absolute atomic E-state index is 0.0315. The van der Waals surface area contributed by atoms with Crippen LogP contribution in [0, 0.1) is 0 Å². The second-order valence-corrected chi connectivity index (χ2v) is 6.22. The fraction of sp³-hybridized carbons (Fsp3) is 0.333. The number of ether oxygens (including phenoxy) is 3.